The Hall–Kier alpha value is -2.15. The van der Waals surface area contributed by atoms with Crippen LogP contribution in [0.2, 0.25) is 0 Å². The summed E-state index contributed by atoms with van der Waals surface area (Å²) in [7, 11) is 1.94. The van der Waals surface area contributed by atoms with Gasteiger partial charge in [0.2, 0.25) is 0 Å². The van der Waals surface area contributed by atoms with E-state index in [0.717, 1.165) is 5.69 Å². The number of aryl methyl sites for hydroxylation is 1. The number of nitrogens with zero attached hydrogens (tertiary/aromatic N) is 4. The topological polar surface area (TPSA) is 54.5 Å². The largest absolute Gasteiger partial charge is 0.341 e. The number of rotatable bonds is 1. The maximum Gasteiger partial charge on any atom is 0.0943 e. The van der Waals surface area contributed by atoms with Crippen LogP contribution in [0.4, 0.5) is 0 Å². The van der Waals surface area contributed by atoms with Crippen LogP contribution in [0.5, 0.6) is 0 Å². The SMILES string of the molecule is Cn1ccnc1.N#CCc1ccccn1. The third kappa shape index (κ3) is 4.58. The van der Waals surface area contributed by atoms with E-state index in [1.54, 1.807) is 18.7 Å². The highest BCUT2D eigenvalue weighted by atomic mass is 15.0. The summed E-state index contributed by atoms with van der Waals surface area (Å²) < 4.78 is 1.89. The van der Waals surface area contributed by atoms with Gasteiger partial charge in [-0.2, -0.15) is 5.26 Å². The lowest BCUT2D eigenvalue weighted by atomic mass is 10.3. The second-order valence-electron chi connectivity index (χ2n) is 2.88. The summed E-state index contributed by atoms with van der Waals surface area (Å²) in [6.45, 7) is 0. The highest BCUT2D eigenvalue weighted by Gasteiger charge is 1.86. The molecule has 0 spiro atoms. The van der Waals surface area contributed by atoms with E-state index in [4.69, 9.17) is 5.26 Å². The van der Waals surface area contributed by atoms with Crippen molar-refractivity contribution in [3.63, 3.8) is 0 Å². The Morgan fingerprint density at radius 3 is 2.67 bits per heavy atom. The summed E-state index contributed by atoms with van der Waals surface area (Å²) in [5.74, 6) is 0. The van der Waals surface area contributed by atoms with Crippen LogP contribution in [0.25, 0.3) is 0 Å². The summed E-state index contributed by atoms with van der Waals surface area (Å²) in [4.78, 5) is 7.73. The molecule has 0 amide bonds. The van der Waals surface area contributed by atoms with E-state index in [2.05, 4.69) is 9.97 Å². The molecule has 76 valence electrons. The van der Waals surface area contributed by atoms with E-state index in [9.17, 15) is 0 Å². The van der Waals surface area contributed by atoms with Crippen LogP contribution in [0.1, 0.15) is 5.69 Å². The molecular weight excluding hydrogens is 188 g/mol. The van der Waals surface area contributed by atoms with Crippen molar-refractivity contribution < 1.29 is 0 Å². The molecule has 0 aliphatic carbocycles. The van der Waals surface area contributed by atoms with E-state index in [1.165, 1.54) is 0 Å². The maximum absolute atomic E-state index is 8.23. The summed E-state index contributed by atoms with van der Waals surface area (Å²) in [5, 5.41) is 8.23. The summed E-state index contributed by atoms with van der Waals surface area (Å²) >= 11 is 0. The van der Waals surface area contributed by atoms with Gasteiger partial charge in [-0.25, -0.2) is 4.98 Å². The second kappa shape index (κ2) is 6.33. The molecule has 2 aromatic heterocycles. The Balaban J connectivity index is 0.000000162. The monoisotopic (exact) mass is 200 g/mol. The standard InChI is InChI=1S/C7H6N2.C4H6N2/c8-5-4-7-3-1-2-6-9-7;1-6-3-2-5-4-6/h1-3,6H,4H2;2-4H,1H3. The summed E-state index contributed by atoms with van der Waals surface area (Å²) in [6.07, 6.45) is 7.48. The van der Waals surface area contributed by atoms with Crippen molar-refractivity contribution in [3.8, 4) is 6.07 Å². The minimum Gasteiger partial charge on any atom is -0.341 e. The van der Waals surface area contributed by atoms with E-state index in [0.29, 0.717) is 6.42 Å². The minimum absolute atomic E-state index is 0.404. The van der Waals surface area contributed by atoms with Crippen molar-refractivity contribution in [2.24, 2.45) is 7.05 Å². The number of nitriles is 1. The first-order valence-corrected chi connectivity index (χ1v) is 4.51. The lowest BCUT2D eigenvalue weighted by Gasteiger charge is -1.87. The van der Waals surface area contributed by atoms with Crippen LogP contribution >= 0.6 is 0 Å². The highest BCUT2D eigenvalue weighted by Crippen LogP contribution is 1.91. The number of aromatic nitrogens is 3. The van der Waals surface area contributed by atoms with Crippen LogP contribution in [0, 0.1) is 11.3 Å². The zero-order chi connectivity index (χ0) is 10.9. The molecule has 0 aliphatic rings. The molecule has 0 aromatic carbocycles. The van der Waals surface area contributed by atoms with E-state index in [1.807, 2.05) is 42.1 Å². The fraction of sp³-hybridized carbons (Fsp3) is 0.182. The van der Waals surface area contributed by atoms with Gasteiger partial charge in [-0.05, 0) is 12.1 Å². The molecule has 4 nitrogen and oxygen atoms in total. The molecule has 0 radical (unpaired) electrons. The Morgan fingerprint density at radius 2 is 2.27 bits per heavy atom. The molecule has 0 saturated heterocycles. The van der Waals surface area contributed by atoms with E-state index in [-0.39, 0.29) is 0 Å². The lowest BCUT2D eigenvalue weighted by Crippen LogP contribution is -1.83. The van der Waals surface area contributed by atoms with Gasteiger partial charge in [0.15, 0.2) is 0 Å². The van der Waals surface area contributed by atoms with Crippen molar-refractivity contribution in [2.75, 3.05) is 0 Å². The van der Waals surface area contributed by atoms with Gasteiger partial charge in [-0.1, -0.05) is 6.07 Å². The smallest absolute Gasteiger partial charge is 0.0943 e. The van der Waals surface area contributed by atoms with Gasteiger partial charge >= 0.3 is 0 Å². The normalized spacial score (nSPS) is 8.53. The Morgan fingerprint density at radius 1 is 1.40 bits per heavy atom. The Bertz CT molecular complexity index is 400. The van der Waals surface area contributed by atoms with Gasteiger partial charge in [0.1, 0.15) is 0 Å². The van der Waals surface area contributed by atoms with Crippen molar-refractivity contribution in [1.29, 1.82) is 5.26 Å². The number of imidazole rings is 1. The fourth-order valence-electron chi connectivity index (χ4n) is 0.909. The minimum atomic E-state index is 0.404. The molecule has 0 unspecified atom stereocenters. The Kier molecular flexibility index (Phi) is 4.61. The van der Waals surface area contributed by atoms with Crippen LogP contribution in [-0.4, -0.2) is 14.5 Å². The highest BCUT2D eigenvalue weighted by molar-refractivity contribution is 5.07. The summed E-state index contributed by atoms with van der Waals surface area (Å²) in [5.41, 5.74) is 0.833. The molecule has 0 N–H and O–H groups in total. The first kappa shape index (κ1) is 10.9. The van der Waals surface area contributed by atoms with Crippen LogP contribution < -0.4 is 0 Å². The molecule has 15 heavy (non-hydrogen) atoms. The molecule has 4 heteroatoms. The molecule has 0 aliphatic heterocycles. The van der Waals surface area contributed by atoms with Gasteiger partial charge < -0.3 is 4.57 Å². The maximum atomic E-state index is 8.23. The predicted octanol–water partition coefficient (Wildman–Crippen LogP) is 1.57. The lowest BCUT2D eigenvalue weighted by molar-refractivity contribution is 0.913. The van der Waals surface area contributed by atoms with E-state index < -0.39 is 0 Å². The van der Waals surface area contributed by atoms with Crippen LogP contribution in [-0.2, 0) is 13.5 Å². The van der Waals surface area contributed by atoms with Crippen LogP contribution in [0.15, 0.2) is 43.1 Å². The third-order valence-corrected chi connectivity index (χ3v) is 1.62. The molecule has 2 rings (SSSR count). The summed E-state index contributed by atoms with van der Waals surface area (Å²) in [6, 6.07) is 7.57. The molecular formula is C11H12N4. The average Bonchev–Trinajstić information content (AvgIpc) is 2.72. The van der Waals surface area contributed by atoms with Gasteiger partial charge in [0.05, 0.1) is 24.5 Å². The number of pyridine rings is 1. The molecule has 2 heterocycles. The van der Waals surface area contributed by atoms with Crippen molar-refractivity contribution in [2.45, 2.75) is 6.42 Å². The molecule has 0 bridgehead atoms. The predicted molar refractivity (Wildman–Crippen MR) is 56.8 cm³/mol. The van der Waals surface area contributed by atoms with Crippen molar-refractivity contribution in [1.82, 2.24) is 14.5 Å². The fourth-order valence-corrected chi connectivity index (χ4v) is 0.909. The molecule has 0 atom stereocenters. The second-order valence-corrected chi connectivity index (χ2v) is 2.88. The number of hydrogen-bond acceptors (Lipinski definition) is 3. The molecule has 2 aromatic rings. The first-order valence-electron chi connectivity index (χ1n) is 4.51. The van der Waals surface area contributed by atoms with Gasteiger partial charge in [-0.3, -0.25) is 4.98 Å². The van der Waals surface area contributed by atoms with Gasteiger partial charge in [0.25, 0.3) is 0 Å². The van der Waals surface area contributed by atoms with Crippen LogP contribution in [0.3, 0.4) is 0 Å². The zero-order valence-corrected chi connectivity index (χ0v) is 8.54. The molecule has 0 saturated carbocycles. The zero-order valence-electron chi connectivity index (χ0n) is 8.54. The first-order chi connectivity index (χ1) is 7.33. The third-order valence-electron chi connectivity index (χ3n) is 1.62. The quantitative estimate of drug-likeness (QED) is 0.702. The molecule has 0 fully saturated rings. The van der Waals surface area contributed by atoms with Gasteiger partial charge in [0, 0.05) is 25.6 Å². The van der Waals surface area contributed by atoms with Crippen molar-refractivity contribution >= 4 is 0 Å². The van der Waals surface area contributed by atoms with E-state index >= 15 is 0 Å². The van der Waals surface area contributed by atoms with Gasteiger partial charge in [-0.15, -0.1) is 0 Å². The number of hydrogen-bond donors (Lipinski definition) is 0. The average molecular weight is 200 g/mol. The van der Waals surface area contributed by atoms with Crippen molar-refractivity contribution in [3.05, 3.63) is 48.8 Å². The Labute approximate surface area is 88.8 Å².